The summed E-state index contributed by atoms with van der Waals surface area (Å²) in [6.07, 6.45) is 3.31. The Kier molecular flexibility index (Phi) is 4.85. The summed E-state index contributed by atoms with van der Waals surface area (Å²) >= 11 is 0. The molecule has 128 valence electrons. The number of rotatable bonds is 4. The molecule has 3 rings (SSSR count). The van der Waals surface area contributed by atoms with Crippen molar-refractivity contribution in [2.75, 3.05) is 26.2 Å². The van der Waals surface area contributed by atoms with Crippen molar-refractivity contribution < 1.29 is 13.7 Å². The second-order valence-corrected chi connectivity index (χ2v) is 6.19. The first kappa shape index (κ1) is 16.5. The Bertz CT molecular complexity index is 717. The lowest BCUT2D eigenvalue weighted by Crippen LogP contribution is -2.47. The minimum absolute atomic E-state index is 0.0287. The van der Waals surface area contributed by atoms with E-state index in [9.17, 15) is 4.79 Å². The predicted octanol–water partition coefficient (Wildman–Crippen LogP) is 2.55. The van der Waals surface area contributed by atoms with E-state index in [2.05, 4.69) is 10.1 Å². The van der Waals surface area contributed by atoms with E-state index < -0.39 is 0 Å². The standard InChI is InChI=1S/C18H23N3O3/c1-13-4-5-16(23-13)6-7-18(22)21-10-8-20(9-11-21)12-17-14(2)19-24-15(17)3/h4-7H,8-12H2,1-3H3/b7-6+. The fourth-order valence-corrected chi connectivity index (χ4v) is 2.88. The molecule has 3 heterocycles. The average Bonchev–Trinajstić information content (AvgIpc) is 3.13. The first-order valence-electron chi connectivity index (χ1n) is 8.20. The minimum atomic E-state index is 0.0287. The lowest BCUT2D eigenvalue weighted by atomic mass is 10.2. The van der Waals surface area contributed by atoms with Crippen LogP contribution < -0.4 is 0 Å². The Morgan fingerprint density at radius 1 is 1.21 bits per heavy atom. The lowest BCUT2D eigenvalue weighted by molar-refractivity contribution is -0.127. The van der Waals surface area contributed by atoms with E-state index in [-0.39, 0.29) is 5.91 Å². The van der Waals surface area contributed by atoms with Crippen molar-refractivity contribution in [2.24, 2.45) is 0 Å². The molecule has 1 fully saturated rings. The number of hydrogen-bond donors (Lipinski definition) is 0. The summed E-state index contributed by atoms with van der Waals surface area (Å²) in [7, 11) is 0. The number of carbonyl (C=O) groups excluding carboxylic acids is 1. The van der Waals surface area contributed by atoms with Gasteiger partial charge in [-0.3, -0.25) is 9.69 Å². The predicted molar refractivity (Wildman–Crippen MR) is 90.3 cm³/mol. The number of hydrogen-bond acceptors (Lipinski definition) is 5. The molecule has 24 heavy (non-hydrogen) atoms. The highest BCUT2D eigenvalue weighted by molar-refractivity contribution is 5.91. The van der Waals surface area contributed by atoms with Crippen molar-refractivity contribution >= 4 is 12.0 Å². The summed E-state index contributed by atoms with van der Waals surface area (Å²) in [4.78, 5) is 16.5. The summed E-state index contributed by atoms with van der Waals surface area (Å²) in [6.45, 7) is 9.77. The van der Waals surface area contributed by atoms with Crippen LogP contribution in [0.3, 0.4) is 0 Å². The molecule has 0 aromatic carbocycles. The lowest BCUT2D eigenvalue weighted by Gasteiger charge is -2.34. The summed E-state index contributed by atoms with van der Waals surface area (Å²) < 4.78 is 10.7. The van der Waals surface area contributed by atoms with Gasteiger partial charge in [-0.2, -0.15) is 0 Å². The number of carbonyl (C=O) groups is 1. The maximum absolute atomic E-state index is 12.3. The molecule has 0 N–H and O–H groups in total. The number of furan rings is 1. The van der Waals surface area contributed by atoms with Gasteiger partial charge in [-0.15, -0.1) is 0 Å². The van der Waals surface area contributed by atoms with Gasteiger partial charge in [-0.25, -0.2) is 0 Å². The third-order valence-electron chi connectivity index (χ3n) is 4.40. The fourth-order valence-electron chi connectivity index (χ4n) is 2.88. The Labute approximate surface area is 141 Å². The van der Waals surface area contributed by atoms with E-state index in [0.29, 0.717) is 5.76 Å². The second kappa shape index (κ2) is 7.05. The largest absolute Gasteiger partial charge is 0.462 e. The Hall–Kier alpha value is -2.34. The molecule has 0 unspecified atom stereocenters. The fraction of sp³-hybridized carbons (Fsp3) is 0.444. The highest BCUT2D eigenvalue weighted by Gasteiger charge is 2.21. The zero-order chi connectivity index (χ0) is 17.1. The number of aromatic nitrogens is 1. The Balaban J connectivity index is 1.51. The molecule has 2 aromatic heterocycles. The van der Waals surface area contributed by atoms with Gasteiger partial charge in [-0.1, -0.05) is 5.16 Å². The number of nitrogens with zero attached hydrogens (tertiary/aromatic N) is 3. The average molecular weight is 329 g/mol. The van der Waals surface area contributed by atoms with Crippen molar-refractivity contribution in [3.8, 4) is 0 Å². The van der Waals surface area contributed by atoms with Crippen LogP contribution in [0.1, 0.15) is 28.5 Å². The van der Waals surface area contributed by atoms with Crippen LogP contribution in [-0.2, 0) is 11.3 Å². The van der Waals surface area contributed by atoms with E-state index in [4.69, 9.17) is 8.94 Å². The molecule has 0 saturated carbocycles. The molecule has 1 amide bonds. The first-order chi connectivity index (χ1) is 11.5. The maximum atomic E-state index is 12.3. The van der Waals surface area contributed by atoms with Crippen molar-refractivity contribution in [3.05, 3.63) is 46.7 Å². The van der Waals surface area contributed by atoms with Gasteiger partial charge < -0.3 is 13.8 Å². The van der Waals surface area contributed by atoms with Crippen molar-refractivity contribution in [1.82, 2.24) is 15.0 Å². The zero-order valence-corrected chi connectivity index (χ0v) is 14.4. The molecule has 0 atom stereocenters. The van der Waals surface area contributed by atoms with Gasteiger partial charge in [0.2, 0.25) is 5.91 Å². The molecule has 0 spiro atoms. The topological polar surface area (TPSA) is 62.7 Å². The quantitative estimate of drug-likeness (QED) is 0.807. The molecule has 0 aliphatic carbocycles. The molecular weight excluding hydrogens is 306 g/mol. The van der Waals surface area contributed by atoms with Crippen molar-refractivity contribution in [3.63, 3.8) is 0 Å². The van der Waals surface area contributed by atoms with Gasteiger partial charge in [0.1, 0.15) is 17.3 Å². The monoisotopic (exact) mass is 329 g/mol. The minimum Gasteiger partial charge on any atom is -0.462 e. The number of aryl methyl sites for hydroxylation is 3. The normalized spacial score (nSPS) is 16.2. The molecule has 0 radical (unpaired) electrons. The summed E-state index contributed by atoms with van der Waals surface area (Å²) in [5.41, 5.74) is 2.10. The van der Waals surface area contributed by atoms with Crippen LogP contribution in [0.4, 0.5) is 0 Å². The smallest absolute Gasteiger partial charge is 0.246 e. The third-order valence-corrected chi connectivity index (χ3v) is 4.40. The Morgan fingerprint density at radius 2 is 1.96 bits per heavy atom. The third kappa shape index (κ3) is 3.76. The first-order valence-corrected chi connectivity index (χ1v) is 8.20. The van der Waals surface area contributed by atoms with Crippen molar-refractivity contribution in [2.45, 2.75) is 27.3 Å². The molecule has 1 aliphatic heterocycles. The van der Waals surface area contributed by atoms with Crippen LogP contribution in [0.5, 0.6) is 0 Å². The van der Waals surface area contributed by atoms with Crippen LogP contribution in [-0.4, -0.2) is 47.0 Å². The van der Waals surface area contributed by atoms with Gasteiger partial charge in [-0.05, 0) is 39.0 Å². The number of amides is 1. The molecule has 1 saturated heterocycles. The van der Waals surface area contributed by atoms with Gasteiger partial charge in [0.05, 0.1) is 5.69 Å². The van der Waals surface area contributed by atoms with Crippen LogP contribution >= 0.6 is 0 Å². The highest BCUT2D eigenvalue weighted by Crippen LogP contribution is 2.16. The van der Waals surface area contributed by atoms with Gasteiger partial charge >= 0.3 is 0 Å². The van der Waals surface area contributed by atoms with Gasteiger partial charge in [0, 0.05) is 44.4 Å². The van der Waals surface area contributed by atoms with Crippen LogP contribution in [0.25, 0.3) is 6.08 Å². The van der Waals surface area contributed by atoms with E-state index in [1.165, 1.54) is 0 Å². The van der Waals surface area contributed by atoms with E-state index in [0.717, 1.165) is 55.5 Å². The van der Waals surface area contributed by atoms with Crippen LogP contribution in [0.2, 0.25) is 0 Å². The van der Waals surface area contributed by atoms with E-state index in [1.807, 2.05) is 37.8 Å². The zero-order valence-electron chi connectivity index (χ0n) is 14.4. The van der Waals surface area contributed by atoms with E-state index >= 15 is 0 Å². The molecule has 6 heteroatoms. The summed E-state index contributed by atoms with van der Waals surface area (Å²) in [6, 6.07) is 3.75. The summed E-state index contributed by atoms with van der Waals surface area (Å²) in [5, 5.41) is 4.00. The highest BCUT2D eigenvalue weighted by atomic mass is 16.5. The molecule has 6 nitrogen and oxygen atoms in total. The molecule has 1 aliphatic rings. The van der Waals surface area contributed by atoms with Gasteiger partial charge in [0.25, 0.3) is 0 Å². The second-order valence-electron chi connectivity index (χ2n) is 6.19. The van der Waals surface area contributed by atoms with Crippen molar-refractivity contribution in [1.29, 1.82) is 0 Å². The molecule has 2 aromatic rings. The molecular formula is C18H23N3O3. The molecule has 0 bridgehead atoms. The van der Waals surface area contributed by atoms with E-state index in [1.54, 1.807) is 12.2 Å². The number of piperazine rings is 1. The summed E-state index contributed by atoms with van der Waals surface area (Å²) in [5.74, 6) is 2.46. The SMILES string of the molecule is Cc1ccc(/C=C/C(=O)N2CCN(Cc3c(C)noc3C)CC2)o1. The Morgan fingerprint density at radius 3 is 2.54 bits per heavy atom. The maximum Gasteiger partial charge on any atom is 0.246 e. The van der Waals surface area contributed by atoms with Gasteiger partial charge in [0.15, 0.2) is 0 Å². The van der Waals surface area contributed by atoms with Crippen LogP contribution in [0.15, 0.2) is 27.1 Å². The van der Waals surface area contributed by atoms with Crippen LogP contribution in [0, 0.1) is 20.8 Å².